The quantitative estimate of drug-likeness (QED) is 0.785. The van der Waals surface area contributed by atoms with E-state index in [0.29, 0.717) is 24.0 Å². The molecule has 0 amide bonds. The van der Waals surface area contributed by atoms with Crippen LogP contribution in [0.3, 0.4) is 0 Å². The minimum atomic E-state index is 0.409. The second-order valence-electron chi connectivity index (χ2n) is 3.86. The van der Waals surface area contributed by atoms with Crippen LogP contribution in [0.1, 0.15) is 10.7 Å². The van der Waals surface area contributed by atoms with Crippen LogP contribution in [0, 0.1) is 6.92 Å². The van der Waals surface area contributed by atoms with Gasteiger partial charge >= 0.3 is 0 Å². The summed E-state index contributed by atoms with van der Waals surface area (Å²) in [7, 11) is 0. The maximum Gasteiger partial charge on any atom is 0.270 e. The van der Waals surface area contributed by atoms with Crippen molar-refractivity contribution in [2.45, 2.75) is 13.5 Å². The third-order valence-corrected chi connectivity index (χ3v) is 3.70. The van der Waals surface area contributed by atoms with Crippen molar-refractivity contribution in [1.29, 1.82) is 0 Å². The molecule has 19 heavy (non-hydrogen) atoms. The van der Waals surface area contributed by atoms with E-state index in [2.05, 4.69) is 20.1 Å². The highest BCUT2D eigenvalue weighted by atomic mass is 32.1. The van der Waals surface area contributed by atoms with Gasteiger partial charge in [0.2, 0.25) is 5.82 Å². The number of pyridine rings is 1. The average Bonchev–Trinajstić information content (AvgIpc) is 3.06. The Bertz CT molecular complexity index is 691. The lowest BCUT2D eigenvalue weighted by Gasteiger charge is -1.89. The van der Waals surface area contributed by atoms with Crippen LogP contribution in [0.4, 0.5) is 0 Å². The minimum Gasteiger partial charge on any atom is -0.333 e. The fourth-order valence-corrected chi connectivity index (χ4v) is 2.52. The molecule has 0 radical (unpaired) electrons. The average molecular weight is 273 g/mol. The van der Waals surface area contributed by atoms with Crippen LogP contribution in [0.5, 0.6) is 0 Å². The standard InChI is InChI=1S/C12H11N5OS/c1-7-10(19-9(6-13)15-7)12-16-11(17-18-12)8-4-2-3-5-14-8/h2-5H,6,13H2,1H3. The third kappa shape index (κ3) is 2.25. The van der Waals surface area contributed by atoms with Crippen LogP contribution in [0.15, 0.2) is 28.9 Å². The van der Waals surface area contributed by atoms with Gasteiger partial charge in [-0.3, -0.25) is 4.98 Å². The molecule has 0 saturated carbocycles. The smallest absolute Gasteiger partial charge is 0.270 e. The SMILES string of the molecule is Cc1nc(CN)sc1-c1nc(-c2ccccn2)no1. The van der Waals surface area contributed by atoms with Gasteiger partial charge in [0.15, 0.2) is 0 Å². The van der Waals surface area contributed by atoms with Crippen molar-refractivity contribution in [2.24, 2.45) is 5.73 Å². The van der Waals surface area contributed by atoms with Crippen molar-refractivity contribution in [3.8, 4) is 22.3 Å². The van der Waals surface area contributed by atoms with Crippen molar-refractivity contribution in [3.63, 3.8) is 0 Å². The van der Waals surface area contributed by atoms with Gasteiger partial charge in [-0.2, -0.15) is 4.98 Å². The van der Waals surface area contributed by atoms with E-state index in [-0.39, 0.29) is 0 Å². The predicted octanol–water partition coefficient (Wildman–Crippen LogP) is 2.02. The Hall–Kier alpha value is -2.12. The number of nitrogens with two attached hydrogens (primary N) is 1. The van der Waals surface area contributed by atoms with Crippen LogP contribution in [0.2, 0.25) is 0 Å². The molecule has 3 aromatic rings. The molecule has 0 aromatic carbocycles. The summed E-state index contributed by atoms with van der Waals surface area (Å²) in [6.07, 6.45) is 1.69. The molecule has 0 aliphatic heterocycles. The molecule has 7 heteroatoms. The fraction of sp³-hybridized carbons (Fsp3) is 0.167. The molecule has 0 atom stereocenters. The Morgan fingerprint density at radius 2 is 2.21 bits per heavy atom. The van der Waals surface area contributed by atoms with E-state index in [1.54, 1.807) is 6.20 Å². The highest BCUT2D eigenvalue weighted by molar-refractivity contribution is 7.15. The molecule has 0 spiro atoms. The van der Waals surface area contributed by atoms with E-state index in [1.807, 2.05) is 25.1 Å². The first-order valence-electron chi connectivity index (χ1n) is 5.70. The van der Waals surface area contributed by atoms with Gasteiger partial charge in [-0.1, -0.05) is 11.2 Å². The van der Waals surface area contributed by atoms with Crippen LogP contribution in [0.25, 0.3) is 22.3 Å². The molecule has 0 bridgehead atoms. The number of aromatic nitrogens is 4. The molecule has 3 heterocycles. The molecule has 3 aromatic heterocycles. The van der Waals surface area contributed by atoms with E-state index < -0.39 is 0 Å². The molecular formula is C12H11N5OS. The highest BCUT2D eigenvalue weighted by Gasteiger charge is 2.16. The number of rotatable bonds is 3. The lowest BCUT2D eigenvalue weighted by molar-refractivity contribution is 0.432. The zero-order chi connectivity index (χ0) is 13.2. The van der Waals surface area contributed by atoms with Gasteiger partial charge < -0.3 is 10.3 Å². The van der Waals surface area contributed by atoms with E-state index in [9.17, 15) is 0 Å². The van der Waals surface area contributed by atoms with E-state index in [1.165, 1.54) is 11.3 Å². The number of thiazole rings is 1. The van der Waals surface area contributed by atoms with E-state index in [4.69, 9.17) is 10.3 Å². The maximum atomic E-state index is 5.58. The number of hydrogen-bond donors (Lipinski definition) is 1. The minimum absolute atomic E-state index is 0.409. The van der Waals surface area contributed by atoms with Crippen LogP contribution in [-0.4, -0.2) is 20.1 Å². The van der Waals surface area contributed by atoms with Crippen molar-refractivity contribution >= 4 is 11.3 Å². The molecule has 0 aliphatic rings. The summed E-state index contributed by atoms with van der Waals surface area (Å²) in [6, 6.07) is 5.55. The summed E-state index contributed by atoms with van der Waals surface area (Å²) in [4.78, 5) is 13.7. The van der Waals surface area contributed by atoms with Gasteiger partial charge in [-0.25, -0.2) is 4.98 Å². The van der Waals surface area contributed by atoms with E-state index >= 15 is 0 Å². The van der Waals surface area contributed by atoms with Crippen molar-refractivity contribution in [1.82, 2.24) is 20.1 Å². The van der Waals surface area contributed by atoms with Crippen molar-refractivity contribution < 1.29 is 4.52 Å². The lowest BCUT2D eigenvalue weighted by atomic mass is 10.3. The third-order valence-electron chi connectivity index (χ3n) is 2.53. The summed E-state index contributed by atoms with van der Waals surface area (Å²) < 4.78 is 5.27. The second-order valence-corrected chi connectivity index (χ2v) is 4.95. The van der Waals surface area contributed by atoms with Gasteiger partial charge in [-0.05, 0) is 19.1 Å². The molecule has 0 fully saturated rings. The zero-order valence-electron chi connectivity index (χ0n) is 10.2. The molecule has 0 aliphatic carbocycles. The Morgan fingerprint density at radius 1 is 1.32 bits per heavy atom. The first kappa shape index (κ1) is 11.9. The number of nitrogens with zero attached hydrogens (tertiary/aromatic N) is 4. The van der Waals surface area contributed by atoms with Crippen LogP contribution < -0.4 is 5.73 Å². The lowest BCUT2D eigenvalue weighted by Crippen LogP contribution is -1.94. The second kappa shape index (κ2) is 4.87. The predicted molar refractivity (Wildman–Crippen MR) is 71.3 cm³/mol. The Kier molecular flexibility index (Phi) is 3.06. The van der Waals surface area contributed by atoms with Crippen molar-refractivity contribution in [3.05, 3.63) is 35.1 Å². The summed E-state index contributed by atoms with van der Waals surface area (Å²) in [6.45, 7) is 2.31. The number of aryl methyl sites for hydroxylation is 1. The summed E-state index contributed by atoms with van der Waals surface area (Å²) in [5, 5.41) is 4.79. The van der Waals surface area contributed by atoms with Gasteiger partial charge in [0.1, 0.15) is 15.6 Å². The molecule has 0 saturated heterocycles. The van der Waals surface area contributed by atoms with Gasteiger partial charge in [0.05, 0.1) is 5.69 Å². The monoisotopic (exact) mass is 273 g/mol. The number of hydrogen-bond acceptors (Lipinski definition) is 7. The molecule has 3 rings (SSSR count). The van der Waals surface area contributed by atoms with Crippen molar-refractivity contribution in [2.75, 3.05) is 0 Å². The highest BCUT2D eigenvalue weighted by Crippen LogP contribution is 2.29. The van der Waals surface area contributed by atoms with Gasteiger partial charge in [-0.15, -0.1) is 11.3 Å². The summed E-state index contributed by atoms with van der Waals surface area (Å²) >= 11 is 1.47. The fourth-order valence-electron chi connectivity index (χ4n) is 1.65. The van der Waals surface area contributed by atoms with E-state index in [0.717, 1.165) is 15.6 Å². The Labute approximate surface area is 113 Å². The molecule has 6 nitrogen and oxygen atoms in total. The van der Waals surface area contributed by atoms with Gasteiger partial charge in [0.25, 0.3) is 5.89 Å². The van der Waals surface area contributed by atoms with Crippen LogP contribution in [-0.2, 0) is 6.54 Å². The zero-order valence-corrected chi connectivity index (χ0v) is 11.0. The first-order valence-corrected chi connectivity index (χ1v) is 6.51. The Morgan fingerprint density at radius 3 is 2.89 bits per heavy atom. The van der Waals surface area contributed by atoms with Crippen LogP contribution >= 0.6 is 11.3 Å². The molecular weight excluding hydrogens is 262 g/mol. The molecule has 96 valence electrons. The summed E-state index contributed by atoms with van der Waals surface area (Å²) in [5.41, 5.74) is 7.11. The first-order chi connectivity index (χ1) is 9.28. The van der Waals surface area contributed by atoms with Gasteiger partial charge in [0, 0.05) is 12.7 Å². The Balaban J connectivity index is 1.99. The largest absolute Gasteiger partial charge is 0.333 e. The normalized spacial score (nSPS) is 10.8. The maximum absolute atomic E-state index is 5.58. The molecule has 2 N–H and O–H groups in total. The summed E-state index contributed by atoms with van der Waals surface area (Å²) in [5.74, 6) is 0.924. The topological polar surface area (TPSA) is 90.7 Å². The molecule has 0 unspecified atom stereocenters.